The number of Topliss-reactive ketones (excluding diaryl/α,β-unsaturated/α-hetero) is 1. The lowest BCUT2D eigenvalue weighted by molar-refractivity contribution is -0.238. The molecule has 9 atom stereocenters. The van der Waals surface area contributed by atoms with Crippen LogP contribution in [0.5, 0.6) is 0 Å². The van der Waals surface area contributed by atoms with Gasteiger partial charge in [-0.05, 0) is 115 Å². The summed E-state index contributed by atoms with van der Waals surface area (Å²) in [4.78, 5) is 13.0. The Labute approximate surface area is 197 Å². The summed E-state index contributed by atoms with van der Waals surface area (Å²) in [6.45, 7) is 19.7. The zero-order valence-electron chi connectivity index (χ0n) is 22.3. The molecule has 0 aromatic heterocycles. The summed E-state index contributed by atoms with van der Waals surface area (Å²) in [5.74, 6) is 2.78. The molecule has 2 nitrogen and oxygen atoms in total. The minimum atomic E-state index is -0.768. The van der Waals surface area contributed by atoms with E-state index >= 15 is 0 Å². The molecule has 1 N–H and O–H groups in total. The summed E-state index contributed by atoms with van der Waals surface area (Å²) in [6, 6.07) is 0. The number of fused-ring (bicyclic) bond motifs is 7. The molecule has 5 aliphatic carbocycles. The summed E-state index contributed by atoms with van der Waals surface area (Å²) in [6.07, 6.45) is 12.0. The van der Waals surface area contributed by atoms with Crippen molar-refractivity contribution in [3.05, 3.63) is 0 Å². The first-order valence-electron chi connectivity index (χ1n) is 13.8. The van der Waals surface area contributed by atoms with Crippen LogP contribution < -0.4 is 0 Å². The molecule has 0 spiro atoms. The fraction of sp³-hybridized carbons (Fsp3) is 0.967. The van der Waals surface area contributed by atoms with Crippen LogP contribution >= 0.6 is 0 Å². The molecule has 5 saturated carbocycles. The molecule has 0 radical (unpaired) electrons. The van der Waals surface area contributed by atoms with E-state index in [9.17, 15) is 9.90 Å². The molecule has 5 rings (SSSR count). The molecule has 0 aromatic rings. The zero-order chi connectivity index (χ0) is 23.5. The fourth-order valence-electron chi connectivity index (χ4n) is 11.6. The number of aliphatic hydroxyl groups excluding tert-OH is 1. The van der Waals surface area contributed by atoms with Gasteiger partial charge in [-0.15, -0.1) is 0 Å². The Balaban J connectivity index is 1.53. The maximum Gasteiger partial charge on any atom is 0.167 e. The van der Waals surface area contributed by atoms with Crippen LogP contribution in [0.4, 0.5) is 0 Å². The van der Waals surface area contributed by atoms with E-state index in [1.165, 1.54) is 51.4 Å². The van der Waals surface area contributed by atoms with Gasteiger partial charge in [0.2, 0.25) is 0 Å². The van der Waals surface area contributed by atoms with Gasteiger partial charge in [0, 0.05) is 5.41 Å². The molecule has 0 heterocycles. The smallest absolute Gasteiger partial charge is 0.167 e. The van der Waals surface area contributed by atoms with Gasteiger partial charge in [0.25, 0.3) is 0 Å². The Hall–Kier alpha value is -0.370. The van der Waals surface area contributed by atoms with Gasteiger partial charge < -0.3 is 5.11 Å². The molecule has 0 unspecified atom stereocenters. The van der Waals surface area contributed by atoms with E-state index in [0.29, 0.717) is 39.9 Å². The van der Waals surface area contributed by atoms with Crippen LogP contribution in [-0.2, 0) is 4.79 Å². The van der Waals surface area contributed by atoms with Gasteiger partial charge in [-0.3, -0.25) is 4.79 Å². The highest BCUT2D eigenvalue weighted by atomic mass is 16.3. The lowest BCUT2D eigenvalue weighted by Crippen LogP contribution is -2.67. The first-order valence-corrected chi connectivity index (χ1v) is 13.8. The van der Waals surface area contributed by atoms with Crippen molar-refractivity contribution in [3.63, 3.8) is 0 Å². The van der Waals surface area contributed by atoms with E-state index in [4.69, 9.17) is 0 Å². The predicted octanol–water partition coefficient (Wildman–Crippen LogP) is 7.43. The van der Waals surface area contributed by atoms with Crippen molar-refractivity contribution < 1.29 is 9.90 Å². The number of aliphatic hydroxyl groups is 1. The lowest BCUT2D eigenvalue weighted by Gasteiger charge is -2.72. The van der Waals surface area contributed by atoms with Crippen LogP contribution in [0.1, 0.15) is 120 Å². The molecule has 0 bridgehead atoms. The van der Waals surface area contributed by atoms with Crippen molar-refractivity contribution in [1.82, 2.24) is 0 Å². The maximum atomic E-state index is 13.0. The van der Waals surface area contributed by atoms with Crippen LogP contribution in [-0.4, -0.2) is 17.0 Å². The van der Waals surface area contributed by atoms with Crippen molar-refractivity contribution in [2.24, 2.45) is 56.2 Å². The Bertz CT molecular complexity index is 812. The molecule has 0 saturated heterocycles. The van der Waals surface area contributed by atoms with Crippen LogP contribution in [0.25, 0.3) is 0 Å². The number of hydrogen-bond donors (Lipinski definition) is 1. The highest BCUT2D eigenvalue weighted by molar-refractivity contribution is 5.89. The molecule has 0 aliphatic heterocycles. The van der Waals surface area contributed by atoms with Crippen LogP contribution in [0.2, 0.25) is 0 Å². The van der Waals surface area contributed by atoms with Gasteiger partial charge in [0.1, 0.15) is 6.10 Å². The number of rotatable bonds is 0. The average molecular weight is 443 g/mol. The Morgan fingerprint density at radius 3 is 1.81 bits per heavy atom. The van der Waals surface area contributed by atoms with Gasteiger partial charge in [0.15, 0.2) is 5.78 Å². The fourth-order valence-corrected chi connectivity index (χ4v) is 11.6. The summed E-state index contributed by atoms with van der Waals surface area (Å²) in [5.41, 5.74) is 1.48. The first-order chi connectivity index (χ1) is 14.6. The second-order valence-corrected chi connectivity index (χ2v) is 15.7. The van der Waals surface area contributed by atoms with Crippen LogP contribution in [0, 0.1) is 56.2 Å². The molecule has 2 heteroatoms. The molecule has 5 aliphatic rings. The summed E-state index contributed by atoms with van der Waals surface area (Å²) < 4.78 is 0. The minimum absolute atomic E-state index is 0.0811. The van der Waals surface area contributed by atoms with E-state index in [2.05, 4.69) is 55.4 Å². The van der Waals surface area contributed by atoms with Crippen LogP contribution in [0.3, 0.4) is 0 Å². The SMILES string of the molecule is CC1(C)CC[C@]2(C)CC[C@H]3[C@]4(C)CC[C@H]5C(C)(C)C(=O)[C@H](O)C[C@]5(C)[C@H]4CC[C@@]3(C)[C@@H]2C1. The van der Waals surface area contributed by atoms with Gasteiger partial charge >= 0.3 is 0 Å². The lowest BCUT2D eigenvalue weighted by atomic mass is 9.32. The second kappa shape index (κ2) is 6.64. The van der Waals surface area contributed by atoms with Gasteiger partial charge in [-0.2, -0.15) is 0 Å². The highest BCUT2D eigenvalue weighted by Crippen LogP contribution is 2.76. The molecule has 32 heavy (non-hydrogen) atoms. The van der Waals surface area contributed by atoms with E-state index in [1.807, 2.05) is 0 Å². The molecular formula is C30H50O2. The van der Waals surface area contributed by atoms with Gasteiger partial charge in [-0.1, -0.05) is 55.4 Å². The summed E-state index contributed by atoms with van der Waals surface area (Å²) >= 11 is 0. The van der Waals surface area contributed by atoms with E-state index in [0.717, 1.165) is 18.3 Å². The van der Waals surface area contributed by atoms with Gasteiger partial charge in [0.05, 0.1) is 0 Å². The Morgan fingerprint density at radius 2 is 1.16 bits per heavy atom. The van der Waals surface area contributed by atoms with E-state index in [-0.39, 0.29) is 11.2 Å². The van der Waals surface area contributed by atoms with Crippen LogP contribution in [0.15, 0.2) is 0 Å². The van der Waals surface area contributed by atoms with E-state index in [1.54, 1.807) is 0 Å². The third-order valence-electron chi connectivity index (χ3n) is 13.1. The molecule has 182 valence electrons. The van der Waals surface area contributed by atoms with Crippen molar-refractivity contribution in [3.8, 4) is 0 Å². The first kappa shape index (κ1) is 23.4. The number of hydrogen-bond acceptors (Lipinski definition) is 2. The highest BCUT2D eigenvalue weighted by Gasteiger charge is 2.69. The van der Waals surface area contributed by atoms with Crippen molar-refractivity contribution in [2.45, 2.75) is 126 Å². The molecule has 0 amide bonds. The Morgan fingerprint density at radius 1 is 0.625 bits per heavy atom. The van der Waals surface area contributed by atoms with Gasteiger partial charge in [-0.25, -0.2) is 0 Å². The number of carbonyl (C=O) groups excluding carboxylic acids is 1. The van der Waals surface area contributed by atoms with Crippen molar-refractivity contribution in [1.29, 1.82) is 0 Å². The largest absolute Gasteiger partial charge is 0.385 e. The topological polar surface area (TPSA) is 37.3 Å². The second-order valence-electron chi connectivity index (χ2n) is 15.7. The van der Waals surface area contributed by atoms with Crippen molar-refractivity contribution in [2.75, 3.05) is 0 Å². The molecule has 0 aromatic carbocycles. The number of carbonyl (C=O) groups is 1. The molecule has 5 fully saturated rings. The minimum Gasteiger partial charge on any atom is -0.385 e. The normalized spacial score (nSPS) is 56.4. The number of ketones is 1. The molecular weight excluding hydrogens is 392 g/mol. The standard InChI is InChI=1S/C30H50O2/c1-25(2)15-16-27(5)12-9-21-28(6)13-10-20-26(3,4)24(32)19(31)17-30(20,8)22(28)11-14-29(21,7)23(27)18-25/h19-23,31H,9-18H2,1-8H3/t19-,20+,21+,22+,23-,27+,28+,29-,30+/m1/s1. The predicted molar refractivity (Wildman–Crippen MR) is 131 cm³/mol. The third-order valence-corrected chi connectivity index (χ3v) is 13.1. The maximum absolute atomic E-state index is 13.0. The summed E-state index contributed by atoms with van der Waals surface area (Å²) in [7, 11) is 0. The summed E-state index contributed by atoms with van der Waals surface area (Å²) in [5, 5.41) is 10.9. The zero-order valence-corrected chi connectivity index (χ0v) is 22.3. The van der Waals surface area contributed by atoms with Crippen molar-refractivity contribution >= 4 is 5.78 Å². The Kier molecular flexibility index (Phi) is 4.85. The monoisotopic (exact) mass is 442 g/mol. The third kappa shape index (κ3) is 2.83. The van der Waals surface area contributed by atoms with E-state index < -0.39 is 11.5 Å². The quantitative estimate of drug-likeness (QED) is 0.423. The average Bonchev–Trinajstić information content (AvgIpc) is 2.67.